The van der Waals surface area contributed by atoms with Gasteiger partial charge in [0.15, 0.2) is 0 Å². The third-order valence-corrected chi connectivity index (χ3v) is 6.50. The van der Waals surface area contributed by atoms with Crippen molar-refractivity contribution < 1.29 is 54.9 Å². The maximum absolute atomic E-state index is 11.1. The van der Waals surface area contributed by atoms with Crippen molar-refractivity contribution in [2.24, 2.45) is 0 Å². The van der Waals surface area contributed by atoms with Gasteiger partial charge in [-0.2, -0.15) is 13.5 Å². The molecule has 0 spiro atoms. The molecule has 0 aliphatic rings. The summed E-state index contributed by atoms with van der Waals surface area (Å²) in [5.74, 6) is -4.75. The Labute approximate surface area is 329 Å². The standard InChI is InChI=1S/C16H10N2O8.C16H14N2O4.2Na.H2O.H2S/c19-15(20)11-5-3-9(13(7-11)17(23)24)1-2-10-4-6-12(16(21)22)8-14(10)18(25)26;17-13-7-11(15(19)20)5-3-9(13)1-2-10-4-6-12(16(21)22)8-14(10)18;;;;/h1-8H,(H,19,20)(H,21,22);1-8H,17-18H2,(H,19,20)(H,21,22);;;2*1H2/b2*2-1+;;;;. The number of anilines is 2. The first-order valence-electron chi connectivity index (χ1n) is 14.2. The zero-order valence-electron chi connectivity index (χ0n) is 27.3. The predicted molar refractivity (Wildman–Crippen MR) is 199 cm³/mol. The number of hydrogen-bond donors (Lipinski definition) is 6. The van der Waals surface area contributed by atoms with Gasteiger partial charge in [0, 0.05) is 23.5 Å². The van der Waals surface area contributed by atoms with Crippen molar-refractivity contribution in [1.82, 2.24) is 0 Å². The average Bonchev–Trinajstić information content (AvgIpc) is 3.07. The van der Waals surface area contributed by atoms with E-state index in [2.05, 4.69) is 0 Å². The molecule has 262 valence electrons. The van der Waals surface area contributed by atoms with E-state index in [1.54, 1.807) is 24.3 Å². The van der Waals surface area contributed by atoms with E-state index in [0.717, 1.165) is 24.3 Å². The molecule has 4 rings (SSSR count). The monoisotopic (exact) mass is 754 g/mol. The number of aromatic carboxylic acids is 4. The Hall–Kier alpha value is -5.05. The van der Waals surface area contributed by atoms with E-state index < -0.39 is 45.1 Å². The van der Waals surface area contributed by atoms with Crippen LogP contribution in [0, 0.1) is 20.2 Å². The molecule has 0 bridgehead atoms. The van der Waals surface area contributed by atoms with Crippen LogP contribution in [0.5, 0.6) is 0 Å². The third kappa shape index (κ3) is 13.2. The van der Waals surface area contributed by atoms with E-state index in [0.29, 0.717) is 22.5 Å². The molecule has 17 nitrogen and oxygen atoms in total. The van der Waals surface area contributed by atoms with Crippen LogP contribution in [0.15, 0.2) is 72.8 Å². The van der Waals surface area contributed by atoms with Crippen LogP contribution < -0.4 is 11.5 Å². The number of nitrogen functional groups attached to an aromatic ring is 2. The van der Waals surface area contributed by atoms with Gasteiger partial charge in [-0.05, 0) is 71.8 Å². The second kappa shape index (κ2) is 22.0. The molecule has 0 fully saturated rings. The van der Waals surface area contributed by atoms with Crippen LogP contribution in [0.1, 0.15) is 63.7 Å². The Morgan fingerprint density at radius 3 is 0.981 bits per heavy atom. The fourth-order valence-corrected chi connectivity index (χ4v) is 4.03. The van der Waals surface area contributed by atoms with Gasteiger partial charge in [0.05, 0.1) is 43.2 Å². The molecule has 0 aliphatic heterocycles. The van der Waals surface area contributed by atoms with Crippen LogP contribution in [-0.2, 0) is 0 Å². The van der Waals surface area contributed by atoms with Crippen LogP contribution >= 0.6 is 13.5 Å². The average molecular weight is 755 g/mol. The minimum atomic E-state index is -1.33. The molecule has 10 N–H and O–H groups in total. The SMILES string of the molecule is Nc1cc(C(=O)O)ccc1/C=C/c1ccc(C(=O)O)cc1N.O.O=C(O)c1ccc(/C=C/c2ccc(C(=O)O)cc2[N+](=O)[O-])c([N+](=O)[O-])c1.S.[Na][Na]. The second-order valence-corrected chi connectivity index (χ2v) is 9.64. The van der Waals surface area contributed by atoms with Crippen LogP contribution in [-0.4, -0.2) is 103 Å². The first kappa shape index (κ1) is 47.0. The van der Waals surface area contributed by atoms with Gasteiger partial charge < -0.3 is 37.4 Å². The van der Waals surface area contributed by atoms with Crippen molar-refractivity contribution in [3.63, 3.8) is 0 Å². The van der Waals surface area contributed by atoms with Crippen LogP contribution in [0.4, 0.5) is 22.7 Å². The van der Waals surface area contributed by atoms with Gasteiger partial charge in [-0.25, -0.2) is 19.2 Å². The topological polar surface area (TPSA) is 319 Å². The molecule has 20 heteroatoms. The van der Waals surface area contributed by atoms with Gasteiger partial charge in [0.2, 0.25) is 0 Å². The van der Waals surface area contributed by atoms with Crippen LogP contribution in [0.2, 0.25) is 0 Å². The number of hydrogen-bond acceptors (Lipinski definition) is 10. The molecule has 0 aromatic heterocycles. The number of nitrogens with two attached hydrogens (primary N) is 2. The molecule has 0 unspecified atom stereocenters. The maximum atomic E-state index is 11.1. The Morgan fingerprint density at radius 2 is 0.750 bits per heavy atom. The zero-order valence-corrected chi connectivity index (χ0v) is 32.3. The molecule has 4 aromatic carbocycles. The first-order chi connectivity index (χ1) is 23.6. The number of nitro benzene ring substituents is 2. The third-order valence-electron chi connectivity index (χ3n) is 6.50. The first-order valence-corrected chi connectivity index (χ1v) is 22.2. The van der Waals surface area contributed by atoms with Gasteiger partial charge in [-0.15, -0.1) is 0 Å². The molecule has 0 atom stereocenters. The van der Waals surface area contributed by atoms with Crippen molar-refractivity contribution in [3.8, 4) is 0 Å². The molecule has 0 saturated heterocycles. The van der Waals surface area contributed by atoms with Gasteiger partial charge in [-0.3, -0.25) is 20.2 Å². The molecule has 0 radical (unpaired) electrons. The Balaban J connectivity index is 0.000000931. The van der Waals surface area contributed by atoms with Gasteiger partial charge in [-0.1, -0.05) is 24.3 Å². The van der Waals surface area contributed by atoms with Gasteiger partial charge >= 0.3 is 67.5 Å². The molecule has 52 heavy (non-hydrogen) atoms. The van der Waals surface area contributed by atoms with Crippen molar-refractivity contribution in [1.29, 1.82) is 0 Å². The summed E-state index contributed by atoms with van der Waals surface area (Å²) >= 11 is 2.89. The van der Waals surface area contributed by atoms with Crippen LogP contribution in [0.25, 0.3) is 24.3 Å². The number of carboxylic acid groups (broad SMARTS) is 4. The van der Waals surface area contributed by atoms with E-state index >= 15 is 0 Å². The van der Waals surface area contributed by atoms with E-state index in [1.807, 2.05) is 0 Å². The molecule has 0 heterocycles. The number of carboxylic acids is 4. The molecular weight excluding hydrogens is 726 g/mol. The van der Waals surface area contributed by atoms with E-state index in [4.69, 9.17) is 31.9 Å². The summed E-state index contributed by atoms with van der Waals surface area (Å²) in [7, 11) is 0. The predicted octanol–water partition coefficient (Wildman–Crippen LogP) is 4.01. The van der Waals surface area contributed by atoms with Gasteiger partial charge in [0.25, 0.3) is 11.4 Å². The molecule has 4 aromatic rings. The summed E-state index contributed by atoms with van der Waals surface area (Å²) in [6.07, 6.45) is 5.80. The van der Waals surface area contributed by atoms with Crippen molar-refractivity contribution in [3.05, 3.63) is 138 Å². The fraction of sp³-hybridized carbons (Fsp3) is 0. The fourth-order valence-electron chi connectivity index (χ4n) is 4.03. The number of carbonyl (C=O) groups is 4. The normalized spacial score (nSPS) is 10.0. The Morgan fingerprint density at radius 1 is 0.519 bits per heavy atom. The zero-order chi connectivity index (χ0) is 37.7. The van der Waals surface area contributed by atoms with Crippen molar-refractivity contribution in [2.75, 3.05) is 11.5 Å². The van der Waals surface area contributed by atoms with E-state index in [-0.39, 0.29) is 52.4 Å². The van der Waals surface area contributed by atoms with Crippen LogP contribution in [0.3, 0.4) is 0 Å². The Bertz CT molecular complexity index is 1910. The molecule has 0 aliphatic carbocycles. The minimum absolute atomic E-state index is 0. The molecule has 0 saturated carbocycles. The number of nitro groups is 2. The summed E-state index contributed by atoms with van der Waals surface area (Å²) in [6.45, 7) is 0. The summed E-state index contributed by atoms with van der Waals surface area (Å²) in [4.78, 5) is 64.2. The molecule has 0 amide bonds. The van der Waals surface area contributed by atoms with Gasteiger partial charge in [0.1, 0.15) is 0 Å². The van der Waals surface area contributed by atoms with Crippen molar-refractivity contribution >= 4 is 128 Å². The van der Waals surface area contributed by atoms with E-state index in [9.17, 15) is 39.4 Å². The summed E-state index contributed by atoms with van der Waals surface area (Å²) in [5, 5.41) is 57.8. The molecular formula is C32H28N4Na2O13S. The van der Waals surface area contributed by atoms with E-state index in [1.165, 1.54) is 92.2 Å². The van der Waals surface area contributed by atoms with Crippen molar-refractivity contribution in [2.45, 2.75) is 0 Å². The second-order valence-electron chi connectivity index (χ2n) is 9.64. The summed E-state index contributed by atoms with van der Waals surface area (Å²) < 4.78 is 0. The number of rotatable bonds is 10. The Kier molecular flexibility index (Phi) is 19.9. The number of nitrogens with zero attached hydrogens (tertiary/aromatic N) is 2. The summed E-state index contributed by atoms with van der Waals surface area (Å²) in [5.41, 5.74) is 12.3. The quantitative estimate of drug-likeness (QED) is 0.0438. The summed E-state index contributed by atoms with van der Waals surface area (Å²) in [6, 6.07) is 15.3. The number of benzene rings is 4.